The Kier molecular flexibility index (Phi) is 7.99. The Hall–Kier alpha value is -2.90. The van der Waals surface area contributed by atoms with E-state index in [0.717, 1.165) is 31.2 Å². The summed E-state index contributed by atoms with van der Waals surface area (Å²) < 4.78 is 0. The van der Waals surface area contributed by atoms with Crippen LogP contribution in [-0.2, 0) is 9.59 Å². The lowest BCUT2D eigenvalue weighted by atomic mass is 9.69. The third-order valence-electron chi connectivity index (χ3n) is 8.90. The fourth-order valence-corrected chi connectivity index (χ4v) is 7.00. The number of carboxylic acids is 1. The van der Waals surface area contributed by atoms with E-state index in [0.29, 0.717) is 50.6 Å². The summed E-state index contributed by atoms with van der Waals surface area (Å²) in [6.45, 7) is 6.84. The standard InChI is InChI=1S/C31H35Cl2N3O4/c1-17-15-31(16-18(2)19(17)3)35-27(23-12-24(32)14-25(33)13-23)30(40)36(31)28(20-4-5-20)21-6-8-22(9-7-21)29(39)34-11-10-26(37)38/h6-9,12-14,17-20,28H,4-5,10-11,15-16H2,1-3H3,(H,34,39)(H,37,38)/t17?,18?,19?,28-,31?/m1/s1. The molecule has 1 spiro atoms. The van der Waals surface area contributed by atoms with E-state index < -0.39 is 11.6 Å². The van der Waals surface area contributed by atoms with Crippen LogP contribution in [0.2, 0.25) is 10.0 Å². The van der Waals surface area contributed by atoms with Gasteiger partial charge in [0.1, 0.15) is 11.4 Å². The van der Waals surface area contributed by atoms with Gasteiger partial charge in [0.25, 0.3) is 11.8 Å². The molecule has 0 radical (unpaired) electrons. The van der Waals surface area contributed by atoms with Gasteiger partial charge in [0, 0.05) is 27.7 Å². The lowest BCUT2D eigenvalue weighted by molar-refractivity contribution is -0.137. The minimum atomic E-state index is -0.963. The molecule has 3 atom stereocenters. The highest BCUT2D eigenvalue weighted by molar-refractivity contribution is 6.47. The van der Waals surface area contributed by atoms with Crippen LogP contribution < -0.4 is 5.32 Å². The molecule has 1 aliphatic heterocycles. The van der Waals surface area contributed by atoms with Gasteiger partial charge in [0.05, 0.1) is 12.5 Å². The fourth-order valence-electron chi connectivity index (χ4n) is 6.47. The summed E-state index contributed by atoms with van der Waals surface area (Å²) in [6, 6.07) is 12.3. The summed E-state index contributed by atoms with van der Waals surface area (Å²) in [5.41, 5.74) is 1.78. The van der Waals surface area contributed by atoms with Crippen LogP contribution in [0.3, 0.4) is 0 Å². The lowest BCUT2D eigenvalue weighted by Gasteiger charge is -2.49. The van der Waals surface area contributed by atoms with Crippen molar-refractivity contribution >= 4 is 46.7 Å². The van der Waals surface area contributed by atoms with Crippen molar-refractivity contribution in [2.24, 2.45) is 28.7 Å². The molecule has 2 fully saturated rings. The Morgan fingerprint density at radius 3 is 2.20 bits per heavy atom. The number of benzene rings is 2. The van der Waals surface area contributed by atoms with Crippen molar-refractivity contribution in [3.05, 3.63) is 69.2 Å². The Bertz CT molecular complexity index is 1320. The average Bonchev–Trinajstić information content (AvgIpc) is 3.69. The zero-order chi connectivity index (χ0) is 28.8. The van der Waals surface area contributed by atoms with E-state index in [-0.39, 0.29) is 30.8 Å². The molecule has 2 aliphatic carbocycles. The monoisotopic (exact) mass is 583 g/mol. The summed E-state index contributed by atoms with van der Waals surface area (Å²) >= 11 is 12.7. The third-order valence-corrected chi connectivity index (χ3v) is 9.34. The number of rotatable bonds is 8. The van der Waals surface area contributed by atoms with E-state index >= 15 is 0 Å². The van der Waals surface area contributed by atoms with Crippen molar-refractivity contribution < 1.29 is 19.5 Å². The first-order valence-corrected chi connectivity index (χ1v) is 14.7. The van der Waals surface area contributed by atoms with Crippen molar-refractivity contribution in [1.29, 1.82) is 0 Å². The van der Waals surface area contributed by atoms with E-state index in [1.54, 1.807) is 30.3 Å². The number of carboxylic acid groups (broad SMARTS) is 1. The largest absolute Gasteiger partial charge is 0.481 e. The maximum atomic E-state index is 14.4. The van der Waals surface area contributed by atoms with Crippen molar-refractivity contribution in [2.75, 3.05) is 6.54 Å². The van der Waals surface area contributed by atoms with Gasteiger partial charge in [-0.2, -0.15) is 0 Å². The second kappa shape index (κ2) is 11.2. The molecule has 40 heavy (non-hydrogen) atoms. The summed E-state index contributed by atoms with van der Waals surface area (Å²) in [5, 5.41) is 12.4. The van der Waals surface area contributed by atoms with Crippen molar-refractivity contribution in [3.63, 3.8) is 0 Å². The average molecular weight is 585 g/mol. The first-order valence-electron chi connectivity index (χ1n) is 14.0. The topological polar surface area (TPSA) is 99.1 Å². The van der Waals surface area contributed by atoms with E-state index in [2.05, 4.69) is 26.1 Å². The van der Waals surface area contributed by atoms with Gasteiger partial charge in [0.15, 0.2) is 0 Å². The van der Waals surface area contributed by atoms with Crippen molar-refractivity contribution in [2.45, 2.75) is 64.6 Å². The van der Waals surface area contributed by atoms with Crippen LogP contribution in [0.1, 0.15) is 80.4 Å². The number of aliphatic carboxylic acids is 1. The molecular weight excluding hydrogens is 549 g/mol. The van der Waals surface area contributed by atoms with Gasteiger partial charge >= 0.3 is 5.97 Å². The number of halogens is 2. The van der Waals surface area contributed by atoms with Crippen LogP contribution in [0, 0.1) is 23.7 Å². The van der Waals surface area contributed by atoms with E-state index in [1.165, 1.54) is 0 Å². The molecule has 2 aromatic carbocycles. The van der Waals surface area contributed by atoms with Gasteiger partial charge in [-0.05, 0) is 85.3 Å². The lowest BCUT2D eigenvalue weighted by Crippen LogP contribution is -2.54. The molecule has 3 aliphatic rings. The molecule has 0 aromatic heterocycles. The smallest absolute Gasteiger partial charge is 0.305 e. The molecule has 5 rings (SSSR count). The zero-order valence-corrected chi connectivity index (χ0v) is 24.5. The van der Waals surface area contributed by atoms with E-state index in [9.17, 15) is 14.4 Å². The van der Waals surface area contributed by atoms with Crippen LogP contribution >= 0.6 is 23.2 Å². The van der Waals surface area contributed by atoms with Crippen LogP contribution in [0.5, 0.6) is 0 Å². The zero-order valence-electron chi connectivity index (χ0n) is 23.0. The number of nitrogens with zero attached hydrogens (tertiary/aromatic N) is 2. The summed E-state index contributed by atoms with van der Waals surface area (Å²) in [7, 11) is 0. The Morgan fingerprint density at radius 1 is 1.05 bits per heavy atom. The molecule has 2 saturated carbocycles. The maximum Gasteiger partial charge on any atom is 0.305 e. The summed E-state index contributed by atoms with van der Waals surface area (Å²) in [6.07, 6.45) is 3.44. The first-order chi connectivity index (χ1) is 19.0. The van der Waals surface area contributed by atoms with Crippen LogP contribution in [0.4, 0.5) is 0 Å². The number of amides is 2. The highest BCUT2D eigenvalue weighted by atomic mass is 35.5. The molecule has 0 saturated heterocycles. The van der Waals surface area contributed by atoms with Gasteiger partial charge in [-0.3, -0.25) is 19.4 Å². The minimum absolute atomic E-state index is 0.0633. The van der Waals surface area contributed by atoms with Crippen molar-refractivity contribution in [3.8, 4) is 0 Å². The summed E-state index contributed by atoms with van der Waals surface area (Å²) in [5.74, 6) is 0.175. The highest BCUT2D eigenvalue weighted by Gasteiger charge is 2.56. The molecule has 212 valence electrons. The number of aliphatic imine (C=N–C) groups is 1. The van der Waals surface area contributed by atoms with Gasteiger partial charge in [-0.1, -0.05) is 56.1 Å². The SMILES string of the molecule is CC1CC2(CC(C)C1C)N=C(c1cc(Cl)cc(Cl)c1)C(=O)N2[C@@H](c1ccc(C(=O)NCCC(=O)O)cc1)C1CC1. The van der Waals surface area contributed by atoms with Crippen LogP contribution in [0.15, 0.2) is 47.5 Å². The van der Waals surface area contributed by atoms with Gasteiger partial charge in [-0.15, -0.1) is 0 Å². The molecular formula is C31H35Cl2N3O4. The van der Waals surface area contributed by atoms with Crippen LogP contribution in [-0.4, -0.2) is 45.7 Å². The number of hydrogen-bond acceptors (Lipinski definition) is 4. The number of carbonyl (C=O) groups excluding carboxylic acids is 2. The molecule has 9 heteroatoms. The Balaban J connectivity index is 1.52. The predicted octanol–water partition coefficient (Wildman–Crippen LogP) is 6.38. The van der Waals surface area contributed by atoms with Gasteiger partial charge in [0.2, 0.25) is 0 Å². The molecule has 2 N–H and O–H groups in total. The quantitative estimate of drug-likeness (QED) is 0.376. The van der Waals surface area contributed by atoms with Gasteiger partial charge < -0.3 is 15.3 Å². The molecule has 7 nitrogen and oxygen atoms in total. The Morgan fingerprint density at radius 2 is 1.65 bits per heavy atom. The van der Waals surface area contributed by atoms with E-state index in [1.807, 2.05) is 17.0 Å². The third kappa shape index (κ3) is 5.64. The molecule has 1 heterocycles. The molecule has 2 aromatic rings. The minimum Gasteiger partial charge on any atom is -0.481 e. The second-order valence-electron chi connectivity index (χ2n) is 11.8. The summed E-state index contributed by atoms with van der Waals surface area (Å²) in [4.78, 5) is 45.0. The normalized spacial score (nSPS) is 27.0. The number of carbonyl (C=O) groups is 3. The van der Waals surface area contributed by atoms with Gasteiger partial charge in [-0.25, -0.2) is 0 Å². The number of nitrogens with one attached hydrogen (secondary N) is 1. The highest BCUT2D eigenvalue weighted by Crippen LogP contribution is 2.54. The van der Waals surface area contributed by atoms with Crippen LogP contribution in [0.25, 0.3) is 0 Å². The first kappa shape index (κ1) is 28.6. The van der Waals surface area contributed by atoms with Crippen molar-refractivity contribution in [1.82, 2.24) is 10.2 Å². The molecule has 2 amide bonds. The second-order valence-corrected chi connectivity index (χ2v) is 12.7. The number of hydrogen-bond donors (Lipinski definition) is 2. The molecule has 0 bridgehead atoms. The Labute approximate surface area is 244 Å². The van der Waals surface area contributed by atoms with E-state index in [4.69, 9.17) is 33.3 Å². The maximum absolute atomic E-state index is 14.4. The fraction of sp³-hybridized carbons (Fsp3) is 0.484. The predicted molar refractivity (Wildman–Crippen MR) is 156 cm³/mol. The molecule has 2 unspecified atom stereocenters.